The van der Waals surface area contributed by atoms with Crippen LogP contribution in [0.5, 0.6) is 0 Å². The molecule has 78 valence electrons. The van der Waals surface area contributed by atoms with E-state index in [2.05, 4.69) is 23.5 Å². The monoisotopic (exact) mass is 218 g/mol. The van der Waals surface area contributed by atoms with Gasteiger partial charge in [0.2, 0.25) is 0 Å². The molecule has 0 unspecified atom stereocenters. The van der Waals surface area contributed by atoms with Gasteiger partial charge in [0.1, 0.15) is 0 Å². The molecule has 2 heteroatoms. The summed E-state index contributed by atoms with van der Waals surface area (Å²) in [5.41, 5.74) is 0. The van der Waals surface area contributed by atoms with Crippen LogP contribution in [0.25, 0.3) is 0 Å². The molecule has 1 saturated heterocycles. The second-order valence-electron chi connectivity index (χ2n) is 3.70. The number of hydrogen-bond donors (Lipinski definition) is 0. The highest BCUT2D eigenvalue weighted by molar-refractivity contribution is 8.06. The second kappa shape index (κ2) is 9.26. The predicted molar refractivity (Wildman–Crippen MR) is 67.0 cm³/mol. The van der Waals surface area contributed by atoms with E-state index in [1.807, 2.05) is 0 Å². The number of thioether (sulfide) groups is 2. The minimum absolute atomic E-state index is 1.38. The fourth-order valence-electron chi connectivity index (χ4n) is 1.68. The van der Waals surface area contributed by atoms with E-state index in [0.29, 0.717) is 0 Å². The lowest BCUT2D eigenvalue weighted by Gasteiger charge is -2.05. The third-order valence-corrected chi connectivity index (χ3v) is 4.98. The SMILES string of the molecule is C1CCCCCC1.C1CSCCS1. The van der Waals surface area contributed by atoms with Crippen molar-refractivity contribution < 1.29 is 0 Å². The van der Waals surface area contributed by atoms with Crippen LogP contribution in [0.2, 0.25) is 0 Å². The molecule has 13 heavy (non-hydrogen) atoms. The minimum Gasteiger partial charge on any atom is -0.160 e. The van der Waals surface area contributed by atoms with Crippen molar-refractivity contribution in [3.8, 4) is 0 Å². The maximum Gasteiger partial charge on any atom is 0.00238 e. The van der Waals surface area contributed by atoms with Crippen molar-refractivity contribution >= 4 is 23.5 Å². The van der Waals surface area contributed by atoms with Crippen LogP contribution >= 0.6 is 23.5 Å². The molecular weight excluding hydrogens is 196 g/mol. The fraction of sp³-hybridized carbons (Fsp3) is 1.00. The zero-order valence-electron chi connectivity index (χ0n) is 8.59. The van der Waals surface area contributed by atoms with Gasteiger partial charge in [-0.25, -0.2) is 0 Å². The molecule has 1 heterocycles. The Labute approximate surface area is 91.6 Å². The third-order valence-electron chi connectivity index (χ3n) is 2.49. The van der Waals surface area contributed by atoms with Crippen LogP contribution in [-0.4, -0.2) is 23.0 Å². The second-order valence-corrected chi connectivity index (χ2v) is 6.15. The van der Waals surface area contributed by atoms with Crippen molar-refractivity contribution in [3.63, 3.8) is 0 Å². The lowest BCUT2D eigenvalue weighted by atomic mass is 10.2. The van der Waals surface area contributed by atoms with Gasteiger partial charge in [-0.3, -0.25) is 0 Å². The molecule has 0 N–H and O–H groups in total. The molecule has 1 saturated carbocycles. The van der Waals surface area contributed by atoms with Gasteiger partial charge >= 0.3 is 0 Å². The Morgan fingerprint density at radius 2 is 0.615 bits per heavy atom. The standard InChI is InChI=1S/C7H14.C4H8S2/c1-2-4-6-7-5-3-1;1-2-6-4-3-5-1/h1-7H2;1-4H2. The van der Waals surface area contributed by atoms with E-state index < -0.39 is 0 Å². The summed E-state index contributed by atoms with van der Waals surface area (Å²) in [6.45, 7) is 0. The van der Waals surface area contributed by atoms with Crippen molar-refractivity contribution in [2.75, 3.05) is 23.0 Å². The van der Waals surface area contributed by atoms with Gasteiger partial charge in [0.15, 0.2) is 0 Å². The Morgan fingerprint density at radius 1 is 0.385 bits per heavy atom. The molecule has 2 fully saturated rings. The minimum atomic E-state index is 1.38. The zero-order chi connectivity index (χ0) is 9.19. The highest BCUT2D eigenvalue weighted by atomic mass is 32.2. The summed E-state index contributed by atoms with van der Waals surface area (Å²) in [6.07, 6.45) is 10.5. The summed E-state index contributed by atoms with van der Waals surface area (Å²) in [6, 6.07) is 0. The van der Waals surface area contributed by atoms with Crippen LogP contribution in [0.4, 0.5) is 0 Å². The summed E-state index contributed by atoms with van der Waals surface area (Å²) in [7, 11) is 0. The van der Waals surface area contributed by atoms with Gasteiger partial charge in [-0.1, -0.05) is 44.9 Å². The predicted octanol–water partition coefficient (Wildman–Crippen LogP) is 4.20. The van der Waals surface area contributed by atoms with E-state index in [-0.39, 0.29) is 0 Å². The van der Waals surface area contributed by atoms with Crippen molar-refractivity contribution in [3.05, 3.63) is 0 Å². The maximum atomic E-state index is 2.07. The van der Waals surface area contributed by atoms with Crippen LogP contribution in [0.3, 0.4) is 0 Å². The first-order valence-corrected chi connectivity index (χ1v) is 7.96. The van der Waals surface area contributed by atoms with Gasteiger partial charge in [0, 0.05) is 23.0 Å². The van der Waals surface area contributed by atoms with Crippen LogP contribution in [0, 0.1) is 0 Å². The fourth-order valence-corrected chi connectivity index (χ4v) is 3.97. The van der Waals surface area contributed by atoms with Gasteiger partial charge in [-0.05, 0) is 0 Å². The molecule has 2 rings (SSSR count). The van der Waals surface area contributed by atoms with E-state index in [0.717, 1.165) is 0 Å². The first-order valence-electron chi connectivity index (χ1n) is 5.65. The summed E-state index contributed by atoms with van der Waals surface area (Å²) in [4.78, 5) is 0. The number of hydrogen-bond acceptors (Lipinski definition) is 2. The van der Waals surface area contributed by atoms with E-state index in [4.69, 9.17) is 0 Å². The average molecular weight is 218 g/mol. The molecule has 0 aromatic heterocycles. The Balaban J connectivity index is 0.000000132. The van der Waals surface area contributed by atoms with Crippen molar-refractivity contribution in [2.45, 2.75) is 44.9 Å². The molecule has 0 atom stereocenters. The summed E-state index contributed by atoms with van der Waals surface area (Å²) in [5, 5.41) is 0. The molecule has 0 amide bonds. The van der Waals surface area contributed by atoms with Crippen molar-refractivity contribution in [1.29, 1.82) is 0 Å². The molecule has 1 aliphatic heterocycles. The van der Waals surface area contributed by atoms with Crippen LogP contribution < -0.4 is 0 Å². The van der Waals surface area contributed by atoms with Crippen LogP contribution in [0.1, 0.15) is 44.9 Å². The topological polar surface area (TPSA) is 0 Å². The lowest BCUT2D eigenvalue weighted by Crippen LogP contribution is -1.97. The Bertz CT molecular complexity index is 69.1. The van der Waals surface area contributed by atoms with Crippen molar-refractivity contribution in [2.24, 2.45) is 0 Å². The lowest BCUT2D eigenvalue weighted by molar-refractivity contribution is 0.702. The van der Waals surface area contributed by atoms with Crippen molar-refractivity contribution in [1.82, 2.24) is 0 Å². The quantitative estimate of drug-likeness (QED) is 0.559. The zero-order valence-corrected chi connectivity index (χ0v) is 10.2. The molecule has 0 nitrogen and oxygen atoms in total. The smallest absolute Gasteiger partial charge is 0.00238 e. The van der Waals surface area contributed by atoms with Gasteiger partial charge in [-0.2, -0.15) is 23.5 Å². The molecule has 1 aliphatic carbocycles. The molecule has 0 bridgehead atoms. The Morgan fingerprint density at radius 3 is 0.769 bits per heavy atom. The Kier molecular flexibility index (Phi) is 8.39. The molecule has 0 aromatic carbocycles. The first kappa shape index (κ1) is 11.8. The normalized spacial score (nSPS) is 24.0. The molecule has 0 spiro atoms. The molecule has 0 aromatic rings. The maximum absolute atomic E-state index is 2.07. The van der Waals surface area contributed by atoms with Gasteiger partial charge in [0.05, 0.1) is 0 Å². The first-order chi connectivity index (χ1) is 6.50. The average Bonchev–Trinajstić information content (AvgIpc) is 2.53. The van der Waals surface area contributed by atoms with Gasteiger partial charge in [0.25, 0.3) is 0 Å². The van der Waals surface area contributed by atoms with Gasteiger partial charge in [-0.15, -0.1) is 0 Å². The van der Waals surface area contributed by atoms with E-state index in [1.54, 1.807) is 0 Å². The molecule has 0 radical (unpaired) electrons. The Hall–Kier alpha value is 0.700. The highest BCUT2D eigenvalue weighted by Gasteiger charge is 1.96. The van der Waals surface area contributed by atoms with E-state index in [1.165, 1.54) is 68.0 Å². The summed E-state index contributed by atoms with van der Waals surface area (Å²) in [5.74, 6) is 5.52. The van der Waals surface area contributed by atoms with E-state index in [9.17, 15) is 0 Å². The molecule has 2 aliphatic rings. The van der Waals surface area contributed by atoms with Gasteiger partial charge < -0.3 is 0 Å². The largest absolute Gasteiger partial charge is 0.160 e. The summed E-state index contributed by atoms with van der Waals surface area (Å²) < 4.78 is 0. The number of rotatable bonds is 0. The highest BCUT2D eigenvalue weighted by Crippen LogP contribution is 2.15. The van der Waals surface area contributed by atoms with Crippen LogP contribution in [0.15, 0.2) is 0 Å². The third kappa shape index (κ3) is 7.75. The van der Waals surface area contributed by atoms with Crippen LogP contribution in [-0.2, 0) is 0 Å². The molecular formula is C11H22S2. The summed E-state index contributed by atoms with van der Waals surface area (Å²) >= 11 is 4.15. The van der Waals surface area contributed by atoms with E-state index >= 15 is 0 Å².